The fourth-order valence-electron chi connectivity index (χ4n) is 1.78. The van der Waals surface area contributed by atoms with Crippen molar-refractivity contribution in [3.8, 4) is 5.75 Å². The molecule has 0 bridgehead atoms. The molecule has 0 heterocycles. The predicted octanol–water partition coefficient (Wildman–Crippen LogP) is 4.11. The summed E-state index contributed by atoms with van der Waals surface area (Å²) in [5, 5.41) is 4.76. The van der Waals surface area contributed by atoms with Crippen LogP contribution in [0.25, 0.3) is 0 Å². The second-order valence-electron chi connectivity index (χ2n) is 4.81. The Bertz CT molecular complexity index is 690. The number of hydrogen-bond acceptors (Lipinski definition) is 3. The first-order valence-electron chi connectivity index (χ1n) is 7.03. The second kappa shape index (κ2) is 8.56. The zero-order valence-electron chi connectivity index (χ0n) is 12.5. The summed E-state index contributed by atoms with van der Waals surface area (Å²) in [6.07, 6.45) is 1.54. The van der Waals surface area contributed by atoms with Crippen LogP contribution in [0.15, 0.2) is 53.6 Å². The zero-order chi connectivity index (χ0) is 16.7. The van der Waals surface area contributed by atoms with Gasteiger partial charge in [0, 0.05) is 17.7 Å². The van der Waals surface area contributed by atoms with Gasteiger partial charge in [0.05, 0.1) is 5.02 Å². The molecule has 0 aliphatic carbocycles. The van der Waals surface area contributed by atoms with Gasteiger partial charge in [0.15, 0.2) is 6.10 Å². The molecule has 0 radical (unpaired) electrons. The largest absolute Gasteiger partial charge is 0.479 e. The standard InChI is InChI=1S/C17H16Cl2N2O2/c1-12(23-16-8-7-14(18)11-15(16)19)17(22)21-20-10-9-13-5-3-2-4-6-13/h2-8,10-12H,9H2,1H3,(H,21,22). The molecule has 1 amide bonds. The molecule has 2 rings (SSSR count). The molecule has 1 atom stereocenters. The van der Waals surface area contributed by atoms with Crippen LogP contribution in [-0.2, 0) is 11.2 Å². The van der Waals surface area contributed by atoms with Gasteiger partial charge >= 0.3 is 0 Å². The van der Waals surface area contributed by atoms with Crippen molar-refractivity contribution in [3.05, 3.63) is 64.1 Å². The van der Waals surface area contributed by atoms with Gasteiger partial charge in [-0.05, 0) is 30.7 Å². The monoisotopic (exact) mass is 350 g/mol. The normalized spacial score (nSPS) is 12.1. The number of nitrogens with zero attached hydrogens (tertiary/aromatic N) is 1. The van der Waals surface area contributed by atoms with Gasteiger partial charge in [0.2, 0.25) is 0 Å². The van der Waals surface area contributed by atoms with Gasteiger partial charge < -0.3 is 4.74 Å². The highest BCUT2D eigenvalue weighted by Gasteiger charge is 2.15. The maximum atomic E-state index is 11.9. The maximum absolute atomic E-state index is 11.9. The number of ether oxygens (including phenoxy) is 1. The summed E-state index contributed by atoms with van der Waals surface area (Å²) < 4.78 is 5.50. The van der Waals surface area contributed by atoms with Crippen LogP contribution in [0.1, 0.15) is 12.5 Å². The Morgan fingerprint density at radius 1 is 1.26 bits per heavy atom. The molecule has 1 N–H and O–H groups in total. The average Bonchev–Trinajstić information content (AvgIpc) is 2.55. The summed E-state index contributed by atoms with van der Waals surface area (Å²) in [7, 11) is 0. The lowest BCUT2D eigenvalue weighted by molar-refractivity contribution is -0.127. The Hall–Kier alpha value is -2.04. The molecule has 2 aromatic carbocycles. The lowest BCUT2D eigenvalue weighted by Crippen LogP contribution is -2.33. The van der Waals surface area contributed by atoms with Gasteiger partial charge in [-0.2, -0.15) is 5.10 Å². The summed E-state index contributed by atoms with van der Waals surface area (Å²) in [5.41, 5.74) is 3.55. The van der Waals surface area contributed by atoms with E-state index in [0.717, 1.165) is 5.56 Å². The highest BCUT2D eigenvalue weighted by Crippen LogP contribution is 2.28. The highest BCUT2D eigenvalue weighted by atomic mass is 35.5. The van der Waals surface area contributed by atoms with Crippen molar-refractivity contribution in [2.75, 3.05) is 0 Å². The number of benzene rings is 2. The summed E-state index contributed by atoms with van der Waals surface area (Å²) in [6.45, 7) is 1.62. The summed E-state index contributed by atoms with van der Waals surface area (Å²) in [5.74, 6) is 0.0345. The molecule has 6 heteroatoms. The van der Waals surface area contributed by atoms with Crippen LogP contribution in [-0.4, -0.2) is 18.2 Å². The van der Waals surface area contributed by atoms with Gasteiger partial charge in [-0.25, -0.2) is 5.43 Å². The van der Waals surface area contributed by atoms with Gasteiger partial charge in [-0.15, -0.1) is 0 Å². The van der Waals surface area contributed by atoms with E-state index in [0.29, 0.717) is 22.2 Å². The topological polar surface area (TPSA) is 50.7 Å². The van der Waals surface area contributed by atoms with Crippen LogP contribution < -0.4 is 10.2 Å². The van der Waals surface area contributed by atoms with E-state index in [4.69, 9.17) is 27.9 Å². The first-order valence-corrected chi connectivity index (χ1v) is 7.79. The molecule has 0 saturated carbocycles. The number of carbonyl (C=O) groups excluding carboxylic acids is 1. The molecule has 0 spiro atoms. The van der Waals surface area contributed by atoms with Gasteiger partial charge in [0.25, 0.3) is 5.91 Å². The van der Waals surface area contributed by atoms with Crippen molar-refractivity contribution in [1.29, 1.82) is 0 Å². The summed E-state index contributed by atoms with van der Waals surface area (Å²) in [4.78, 5) is 11.9. The van der Waals surface area contributed by atoms with Gasteiger partial charge in [0.1, 0.15) is 5.75 Å². The van der Waals surface area contributed by atoms with Gasteiger partial charge in [-0.3, -0.25) is 4.79 Å². The van der Waals surface area contributed by atoms with E-state index >= 15 is 0 Å². The minimum absolute atomic E-state index is 0.352. The van der Waals surface area contributed by atoms with Crippen molar-refractivity contribution < 1.29 is 9.53 Å². The van der Waals surface area contributed by atoms with E-state index in [1.54, 1.807) is 31.3 Å². The van der Waals surface area contributed by atoms with Crippen molar-refractivity contribution >= 4 is 35.3 Å². The molecular weight excluding hydrogens is 335 g/mol. The lowest BCUT2D eigenvalue weighted by atomic mass is 10.2. The molecule has 2 aromatic rings. The Labute approximate surface area is 145 Å². The third kappa shape index (κ3) is 5.58. The van der Waals surface area contributed by atoms with E-state index in [1.807, 2.05) is 30.3 Å². The molecule has 0 saturated heterocycles. The third-order valence-corrected chi connectivity index (χ3v) is 3.53. The number of rotatable bonds is 6. The smallest absolute Gasteiger partial charge is 0.280 e. The Morgan fingerprint density at radius 2 is 2.00 bits per heavy atom. The minimum atomic E-state index is -0.734. The lowest BCUT2D eigenvalue weighted by Gasteiger charge is -2.14. The maximum Gasteiger partial charge on any atom is 0.280 e. The molecule has 0 fully saturated rings. The molecule has 0 aliphatic heterocycles. The van der Waals surface area contributed by atoms with Crippen molar-refractivity contribution in [3.63, 3.8) is 0 Å². The molecule has 1 unspecified atom stereocenters. The number of hydrazone groups is 1. The van der Waals surface area contributed by atoms with E-state index < -0.39 is 6.10 Å². The van der Waals surface area contributed by atoms with Crippen LogP contribution in [0, 0.1) is 0 Å². The molecule has 4 nitrogen and oxygen atoms in total. The van der Waals surface area contributed by atoms with Crippen LogP contribution in [0.5, 0.6) is 5.75 Å². The summed E-state index contributed by atoms with van der Waals surface area (Å²) >= 11 is 11.8. The molecular formula is C17H16Cl2N2O2. The number of carbonyl (C=O) groups is 1. The molecule has 0 aliphatic rings. The fourth-order valence-corrected chi connectivity index (χ4v) is 2.23. The average molecular weight is 351 g/mol. The van der Waals surface area contributed by atoms with E-state index in [2.05, 4.69) is 10.5 Å². The van der Waals surface area contributed by atoms with Crippen LogP contribution in [0.2, 0.25) is 10.0 Å². The first kappa shape index (κ1) is 17.3. The van der Waals surface area contributed by atoms with E-state index in [-0.39, 0.29) is 5.91 Å². The predicted molar refractivity (Wildman–Crippen MR) is 93.3 cm³/mol. The Morgan fingerprint density at radius 3 is 2.70 bits per heavy atom. The quantitative estimate of drug-likeness (QED) is 0.629. The van der Waals surface area contributed by atoms with E-state index in [9.17, 15) is 4.79 Å². The number of hydrogen-bond donors (Lipinski definition) is 1. The summed E-state index contributed by atoms with van der Waals surface area (Å²) in [6, 6.07) is 14.6. The highest BCUT2D eigenvalue weighted by molar-refractivity contribution is 6.35. The van der Waals surface area contributed by atoms with Crippen molar-refractivity contribution in [1.82, 2.24) is 5.43 Å². The second-order valence-corrected chi connectivity index (χ2v) is 5.66. The number of halogens is 2. The van der Waals surface area contributed by atoms with Crippen LogP contribution in [0.3, 0.4) is 0 Å². The molecule has 0 aromatic heterocycles. The SMILES string of the molecule is CC(Oc1ccc(Cl)cc1Cl)C(=O)NN=CCc1ccccc1. The van der Waals surface area contributed by atoms with Crippen molar-refractivity contribution in [2.24, 2.45) is 5.10 Å². The van der Waals surface area contributed by atoms with E-state index in [1.165, 1.54) is 0 Å². The third-order valence-electron chi connectivity index (χ3n) is 3.00. The first-order chi connectivity index (χ1) is 11.1. The van der Waals surface area contributed by atoms with Gasteiger partial charge in [-0.1, -0.05) is 53.5 Å². The Kier molecular flexibility index (Phi) is 6.44. The number of nitrogens with one attached hydrogen (secondary N) is 1. The van der Waals surface area contributed by atoms with Crippen molar-refractivity contribution in [2.45, 2.75) is 19.4 Å². The zero-order valence-corrected chi connectivity index (χ0v) is 14.0. The Balaban J connectivity index is 1.83. The molecule has 23 heavy (non-hydrogen) atoms. The van der Waals surface area contributed by atoms with Crippen LogP contribution in [0.4, 0.5) is 0 Å². The van der Waals surface area contributed by atoms with Crippen LogP contribution >= 0.6 is 23.2 Å². The fraction of sp³-hybridized carbons (Fsp3) is 0.176. The minimum Gasteiger partial charge on any atom is -0.479 e. The molecule has 120 valence electrons. The number of amides is 1.